The number of aromatic nitrogens is 3. The Morgan fingerprint density at radius 3 is 3.06 bits per heavy atom. The molecule has 0 saturated carbocycles. The van der Waals surface area contributed by atoms with Gasteiger partial charge in [0.15, 0.2) is 0 Å². The van der Waals surface area contributed by atoms with Gasteiger partial charge in [0, 0.05) is 11.8 Å². The van der Waals surface area contributed by atoms with Gasteiger partial charge >= 0.3 is 0 Å². The van der Waals surface area contributed by atoms with E-state index in [0.29, 0.717) is 17.3 Å². The second-order valence-corrected chi connectivity index (χ2v) is 4.35. The van der Waals surface area contributed by atoms with E-state index in [9.17, 15) is 4.39 Å². The molecule has 1 aliphatic rings. The van der Waals surface area contributed by atoms with Crippen LogP contribution in [0.15, 0.2) is 23.0 Å². The molecule has 0 aromatic carbocycles. The molecule has 18 heavy (non-hydrogen) atoms. The summed E-state index contributed by atoms with van der Waals surface area (Å²) in [6, 6.07) is 1.46. The predicted octanol–water partition coefficient (Wildman–Crippen LogP) is 2.09. The van der Waals surface area contributed by atoms with E-state index >= 15 is 0 Å². The molecule has 0 aliphatic carbocycles. The van der Waals surface area contributed by atoms with Gasteiger partial charge in [0.1, 0.15) is 5.82 Å². The topological polar surface area (TPSA) is 63.8 Å². The maximum atomic E-state index is 13.1. The van der Waals surface area contributed by atoms with Gasteiger partial charge in [-0.15, -0.1) is 0 Å². The first-order valence-corrected chi connectivity index (χ1v) is 6.01. The number of nitrogens with zero attached hydrogens (tertiary/aromatic N) is 3. The average molecular weight is 248 g/mol. The van der Waals surface area contributed by atoms with Gasteiger partial charge in [0.05, 0.1) is 12.2 Å². The highest BCUT2D eigenvalue weighted by Gasteiger charge is 2.21. The summed E-state index contributed by atoms with van der Waals surface area (Å²) in [6.45, 7) is 0.962. The minimum absolute atomic E-state index is 0.113. The third-order valence-corrected chi connectivity index (χ3v) is 3.01. The Bertz CT molecular complexity index is 536. The van der Waals surface area contributed by atoms with Crippen LogP contribution in [0.25, 0.3) is 11.4 Å². The molecule has 1 aliphatic heterocycles. The maximum absolute atomic E-state index is 13.1. The summed E-state index contributed by atoms with van der Waals surface area (Å²) in [5, 5.41) is 7.20. The van der Waals surface area contributed by atoms with E-state index in [1.54, 1.807) is 0 Å². The molecular weight excluding hydrogens is 235 g/mol. The van der Waals surface area contributed by atoms with Crippen LogP contribution in [0.5, 0.6) is 0 Å². The van der Waals surface area contributed by atoms with E-state index in [-0.39, 0.29) is 6.04 Å². The zero-order chi connectivity index (χ0) is 12.4. The lowest BCUT2D eigenvalue weighted by Crippen LogP contribution is -2.26. The zero-order valence-electron chi connectivity index (χ0n) is 9.77. The molecule has 0 spiro atoms. The summed E-state index contributed by atoms with van der Waals surface area (Å²) in [4.78, 5) is 8.07. The van der Waals surface area contributed by atoms with Crippen molar-refractivity contribution in [1.29, 1.82) is 0 Å². The van der Waals surface area contributed by atoms with Gasteiger partial charge in [-0.3, -0.25) is 4.98 Å². The Kier molecular flexibility index (Phi) is 3.02. The zero-order valence-corrected chi connectivity index (χ0v) is 9.77. The molecule has 1 saturated heterocycles. The van der Waals surface area contributed by atoms with Gasteiger partial charge in [-0.1, -0.05) is 11.6 Å². The first-order chi connectivity index (χ1) is 8.83. The second kappa shape index (κ2) is 4.81. The highest BCUT2D eigenvalue weighted by atomic mass is 19.1. The van der Waals surface area contributed by atoms with Crippen LogP contribution in [-0.2, 0) is 0 Å². The quantitative estimate of drug-likeness (QED) is 0.881. The average Bonchev–Trinajstić information content (AvgIpc) is 2.89. The highest BCUT2D eigenvalue weighted by molar-refractivity contribution is 5.52. The highest BCUT2D eigenvalue weighted by Crippen LogP contribution is 2.23. The van der Waals surface area contributed by atoms with E-state index in [0.717, 1.165) is 25.6 Å². The molecule has 0 bridgehead atoms. The fraction of sp³-hybridized carbons (Fsp3) is 0.417. The van der Waals surface area contributed by atoms with E-state index in [1.165, 1.54) is 18.7 Å². The Morgan fingerprint density at radius 1 is 1.33 bits per heavy atom. The van der Waals surface area contributed by atoms with Crippen LogP contribution in [0.1, 0.15) is 31.2 Å². The minimum atomic E-state index is -0.408. The third-order valence-electron chi connectivity index (χ3n) is 3.01. The van der Waals surface area contributed by atoms with Crippen LogP contribution < -0.4 is 5.32 Å². The summed E-state index contributed by atoms with van der Waals surface area (Å²) in [6.07, 6.45) is 5.98. The molecule has 0 amide bonds. The number of rotatable bonds is 2. The van der Waals surface area contributed by atoms with Crippen LogP contribution in [0.3, 0.4) is 0 Å². The van der Waals surface area contributed by atoms with Gasteiger partial charge in [-0.25, -0.2) is 4.39 Å². The minimum Gasteiger partial charge on any atom is -0.337 e. The van der Waals surface area contributed by atoms with Crippen LogP contribution >= 0.6 is 0 Å². The molecule has 0 unspecified atom stereocenters. The van der Waals surface area contributed by atoms with Crippen molar-refractivity contribution in [1.82, 2.24) is 20.4 Å². The lowest BCUT2D eigenvalue weighted by molar-refractivity contribution is 0.297. The molecule has 6 heteroatoms. The fourth-order valence-electron chi connectivity index (χ4n) is 2.09. The first-order valence-electron chi connectivity index (χ1n) is 6.01. The van der Waals surface area contributed by atoms with Gasteiger partial charge in [-0.05, 0) is 25.5 Å². The summed E-state index contributed by atoms with van der Waals surface area (Å²) in [7, 11) is 0. The normalized spacial score (nSPS) is 19.9. The Hall–Kier alpha value is -1.82. The van der Waals surface area contributed by atoms with Crippen LogP contribution in [0.2, 0.25) is 0 Å². The summed E-state index contributed by atoms with van der Waals surface area (Å²) in [5.41, 5.74) is 0.529. The molecule has 94 valence electrons. The fourth-order valence-corrected chi connectivity index (χ4v) is 2.09. The molecule has 0 radical (unpaired) electrons. The van der Waals surface area contributed by atoms with Crippen molar-refractivity contribution in [3.63, 3.8) is 0 Å². The first kappa shape index (κ1) is 11.3. The molecule has 5 nitrogen and oxygen atoms in total. The molecule has 2 aromatic heterocycles. The van der Waals surface area contributed by atoms with Crippen molar-refractivity contribution in [3.05, 3.63) is 30.2 Å². The maximum Gasteiger partial charge on any atom is 0.244 e. The van der Waals surface area contributed by atoms with Crippen LogP contribution in [-0.4, -0.2) is 21.7 Å². The summed E-state index contributed by atoms with van der Waals surface area (Å²) in [5.74, 6) is 0.535. The third kappa shape index (κ3) is 2.24. The van der Waals surface area contributed by atoms with Crippen LogP contribution in [0.4, 0.5) is 4.39 Å². The Labute approximate surface area is 103 Å². The number of piperidine rings is 1. The SMILES string of the molecule is Fc1cncc(-c2noc([C@H]3CCCCN3)n2)c1. The molecule has 3 rings (SSSR count). The van der Waals surface area contributed by atoms with Gasteiger partial charge < -0.3 is 9.84 Å². The largest absolute Gasteiger partial charge is 0.337 e. The van der Waals surface area contributed by atoms with Crippen molar-refractivity contribution in [2.75, 3.05) is 6.54 Å². The van der Waals surface area contributed by atoms with Gasteiger partial charge in [0.2, 0.25) is 11.7 Å². The molecule has 1 fully saturated rings. The monoisotopic (exact) mass is 248 g/mol. The van der Waals surface area contributed by atoms with E-state index in [1.807, 2.05) is 0 Å². The van der Waals surface area contributed by atoms with E-state index in [4.69, 9.17) is 4.52 Å². The van der Waals surface area contributed by atoms with Crippen molar-refractivity contribution in [3.8, 4) is 11.4 Å². The molecule has 1 atom stereocenters. The number of halogens is 1. The number of pyridine rings is 1. The number of hydrogen-bond acceptors (Lipinski definition) is 5. The molecule has 1 N–H and O–H groups in total. The smallest absolute Gasteiger partial charge is 0.244 e. The second-order valence-electron chi connectivity index (χ2n) is 4.35. The number of nitrogens with one attached hydrogen (secondary N) is 1. The van der Waals surface area contributed by atoms with E-state index < -0.39 is 5.82 Å². The predicted molar refractivity (Wildman–Crippen MR) is 62.1 cm³/mol. The van der Waals surface area contributed by atoms with Crippen LogP contribution in [0, 0.1) is 5.82 Å². The standard InChI is InChI=1S/C12H13FN4O/c13-9-5-8(6-14-7-9)11-16-12(18-17-11)10-3-1-2-4-15-10/h5-7,10,15H,1-4H2/t10-/m1/s1. The van der Waals surface area contributed by atoms with Crippen molar-refractivity contribution in [2.45, 2.75) is 25.3 Å². The number of hydrogen-bond donors (Lipinski definition) is 1. The molecular formula is C12H13FN4O. The van der Waals surface area contributed by atoms with Gasteiger partial charge in [0.25, 0.3) is 0 Å². The Balaban J connectivity index is 1.84. The molecule has 2 aromatic rings. The van der Waals surface area contributed by atoms with Gasteiger partial charge in [-0.2, -0.15) is 4.98 Å². The summed E-state index contributed by atoms with van der Waals surface area (Å²) >= 11 is 0. The Morgan fingerprint density at radius 2 is 2.28 bits per heavy atom. The van der Waals surface area contributed by atoms with Crippen molar-refractivity contribution in [2.24, 2.45) is 0 Å². The van der Waals surface area contributed by atoms with E-state index in [2.05, 4.69) is 20.4 Å². The van der Waals surface area contributed by atoms with Crippen molar-refractivity contribution >= 4 is 0 Å². The summed E-state index contributed by atoms with van der Waals surface area (Å²) < 4.78 is 18.3. The molecule has 3 heterocycles. The lowest BCUT2D eigenvalue weighted by atomic mass is 10.1. The lowest BCUT2D eigenvalue weighted by Gasteiger charge is -2.19. The van der Waals surface area contributed by atoms with Crippen molar-refractivity contribution < 1.29 is 8.91 Å².